The standard InChI is InChI=1S/C15H16N4O/c1-11(16)14-17-13-8-5-9-18(13)15(20)19(14)10-12-6-3-2-4-7-12/h2-9,11H,10,16H2,1H3. The van der Waals surface area contributed by atoms with Gasteiger partial charge in [0.2, 0.25) is 0 Å². The minimum absolute atomic E-state index is 0.115. The Morgan fingerprint density at radius 3 is 2.65 bits per heavy atom. The molecule has 3 rings (SSSR count). The molecule has 3 aromatic rings. The molecule has 0 spiro atoms. The first-order valence-corrected chi connectivity index (χ1v) is 6.54. The van der Waals surface area contributed by atoms with Crippen LogP contribution in [0.5, 0.6) is 0 Å². The average Bonchev–Trinajstić information content (AvgIpc) is 2.91. The first kappa shape index (κ1) is 12.6. The van der Waals surface area contributed by atoms with Crippen molar-refractivity contribution < 1.29 is 0 Å². The Labute approximate surface area is 116 Å². The molecule has 1 atom stereocenters. The Morgan fingerprint density at radius 1 is 1.20 bits per heavy atom. The van der Waals surface area contributed by atoms with Gasteiger partial charge in [-0.2, -0.15) is 0 Å². The molecule has 20 heavy (non-hydrogen) atoms. The normalized spacial score (nSPS) is 12.7. The van der Waals surface area contributed by atoms with Gasteiger partial charge in [-0.1, -0.05) is 30.3 Å². The zero-order chi connectivity index (χ0) is 14.1. The highest BCUT2D eigenvalue weighted by atomic mass is 16.1. The van der Waals surface area contributed by atoms with E-state index in [9.17, 15) is 4.79 Å². The quantitative estimate of drug-likeness (QED) is 0.784. The molecule has 1 unspecified atom stereocenters. The molecule has 5 heteroatoms. The van der Waals surface area contributed by atoms with E-state index in [0.717, 1.165) is 5.56 Å². The van der Waals surface area contributed by atoms with E-state index >= 15 is 0 Å². The maximum Gasteiger partial charge on any atom is 0.335 e. The number of hydrogen-bond acceptors (Lipinski definition) is 3. The molecular weight excluding hydrogens is 252 g/mol. The maximum atomic E-state index is 12.5. The van der Waals surface area contributed by atoms with Gasteiger partial charge in [-0.3, -0.25) is 8.97 Å². The SMILES string of the molecule is CC(N)c1nc2cccn2c(=O)n1Cc1ccccc1. The smallest absolute Gasteiger partial charge is 0.322 e. The Morgan fingerprint density at radius 2 is 1.95 bits per heavy atom. The summed E-state index contributed by atoms with van der Waals surface area (Å²) >= 11 is 0. The van der Waals surface area contributed by atoms with Crippen LogP contribution in [0.3, 0.4) is 0 Å². The van der Waals surface area contributed by atoms with Crippen LogP contribution in [-0.2, 0) is 6.54 Å². The molecule has 0 saturated carbocycles. The van der Waals surface area contributed by atoms with Crippen LogP contribution < -0.4 is 11.4 Å². The molecule has 2 aromatic heterocycles. The summed E-state index contributed by atoms with van der Waals surface area (Å²) in [6, 6.07) is 13.1. The van der Waals surface area contributed by atoms with Gasteiger partial charge in [-0.25, -0.2) is 9.78 Å². The first-order valence-electron chi connectivity index (χ1n) is 6.54. The van der Waals surface area contributed by atoms with Gasteiger partial charge in [0.15, 0.2) is 0 Å². The third-order valence-corrected chi connectivity index (χ3v) is 3.26. The van der Waals surface area contributed by atoms with Crippen LogP contribution in [0.2, 0.25) is 0 Å². The Hall–Kier alpha value is -2.40. The molecule has 0 aliphatic carbocycles. The average molecular weight is 268 g/mol. The van der Waals surface area contributed by atoms with E-state index in [2.05, 4.69) is 4.98 Å². The Kier molecular flexibility index (Phi) is 3.12. The Balaban J connectivity index is 2.19. The van der Waals surface area contributed by atoms with Crippen LogP contribution in [-0.4, -0.2) is 14.0 Å². The fraction of sp³-hybridized carbons (Fsp3) is 0.200. The molecule has 0 radical (unpaired) electrons. The molecule has 0 saturated heterocycles. The van der Waals surface area contributed by atoms with E-state index in [1.165, 1.54) is 4.40 Å². The molecule has 0 bridgehead atoms. The molecule has 0 fully saturated rings. The topological polar surface area (TPSA) is 65.3 Å². The molecule has 2 heterocycles. The summed E-state index contributed by atoms with van der Waals surface area (Å²) in [7, 11) is 0. The van der Waals surface area contributed by atoms with Gasteiger partial charge < -0.3 is 5.73 Å². The molecule has 2 N–H and O–H groups in total. The Bertz CT molecular complexity index is 786. The van der Waals surface area contributed by atoms with E-state index < -0.39 is 0 Å². The molecule has 5 nitrogen and oxygen atoms in total. The number of benzene rings is 1. The second kappa shape index (κ2) is 4.94. The summed E-state index contributed by atoms with van der Waals surface area (Å²) in [6.45, 7) is 2.31. The molecule has 0 aliphatic heterocycles. The zero-order valence-electron chi connectivity index (χ0n) is 11.2. The van der Waals surface area contributed by atoms with E-state index in [1.807, 2.05) is 43.3 Å². The van der Waals surface area contributed by atoms with Crippen molar-refractivity contribution in [2.24, 2.45) is 5.73 Å². The number of nitrogens with two attached hydrogens (primary N) is 1. The summed E-state index contributed by atoms with van der Waals surface area (Å²) in [5.74, 6) is 0.602. The zero-order valence-corrected chi connectivity index (χ0v) is 11.2. The van der Waals surface area contributed by atoms with Crippen LogP contribution >= 0.6 is 0 Å². The number of nitrogens with zero attached hydrogens (tertiary/aromatic N) is 3. The number of fused-ring (bicyclic) bond motifs is 1. The second-order valence-corrected chi connectivity index (χ2v) is 4.85. The predicted molar refractivity (Wildman–Crippen MR) is 77.6 cm³/mol. The fourth-order valence-electron chi connectivity index (χ4n) is 2.29. The third-order valence-electron chi connectivity index (χ3n) is 3.26. The van der Waals surface area contributed by atoms with Gasteiger partial charge in [-0.15, -0.1) is 0 Å². The van der Waals surface area contributed by atoms with Crippen molar-refractivity contribution >= 4 is 5.65 Å². The summed E-state index contributed by atoms with van der Waals surface area (Å²) in [5.41, 5.74) is 7.53. The second-order valence-electron chi connectivity index (χ2n) is 4.85. The van der Waals surface area contributed by atoms with Crippen LogP contribution in [0.15, 0.2) is 53.5 Å². The number of rotatable bonds is 3. The van der Waals surface area contributed by atoms with Crippen LogP contribution in [0.4, 0.5) is 0 Å². The molecule has 0 amide bonds. The van der Waals surface area contributed by atoms with Crippen molar-refractivity contribution in [1.82, 2.24) is 14.0 Å². The maximum absolute atomic E-state index is 12.5. The van der Waals surface area contributed by atoms with Crippen LogP contribution in [0, 0.1) is 0 Å². The lowest BCUT2D eigenvalue weighted by Crippen LogP contribution is -2.33. The van der Waals surface area contributed by atoms with Gasteiger partial charge in [0.25, 0.3) is 0 Å². The monoisotopic (exact) mass is 268 g/mol. The summed E-state index contributed by atoms with van der Waals surface area (Å²) in [6.07, 6.45) is 1.72. The van der Waals surface area contributed by atoms with E-state index in [0.29, 0.717) is 18.0 Å². The lowest BCUT2D eigenvalue weighted by molar-refractivity contribution is 0.590. The summed E-state index contributed by atoms with van der Waals surface area (Å²) in [4.78, 5) is 17.0. The largest absolute Gasteiger partial charge is 0.335 e. The van der Waals surface area contributed by atoms with Crippen molar-refractivity contribution in [3.05, 3.63) is 70.5 Å². The van der Waals surface area contributed by atoms with Gasteiger partial charge in [-0.05, 0) is 24.6 Å². The van der Waals surface area contributed by atoms with Crippen molar-refractivity contribution in [3.63, 3.8) is 0 Å². The highest BCUT2D eigenvalue weighted by Crippen LogP contribution is 2.10. The molecular formula is C15H16N4O. The van der Waals surface area contributed by atoms with Crippen molar-refractivity contribution in [3.8, 4) is 0 Å². The number of aromatic nitrogens is 3. The fourth-order valence-corrected chi connectivity index (χ4v) is 2.29. The first-order chi connectivity index (χ1) is 9.66. The lowest BCUT2D eigenvalue weighted by atomic mass is 10.2. The number of hydrogen-bond donors (Lipinski definition) is 1. The van der Waals surface area contributed by atoms with E-state index in [-0.39, 0.29) is 11.7 Å². The highest BCUT2D eigenvalue weighted by molar-refractivity contribution is 5.38. The molecule has 0 aliphatic rings. The van der Waals surface area contributed by atoms with Crippen molar-refractivity contribution in [1.29, 1.82) is 0 Å². The minimum atomic E-state index is -0.300. The summed E-state index contributed by atoms with van der Waals surface area (Å²) in [5, 5.41) is 0. The minimum Gasteiger partial charge on any atom is -0.322 e. The summed E-state index contributed by atoms with van der Waals surface area (Å²) < 4.78 is 3.17. The van der Waals surface area contributed by atoms with Gasteiger partial charge in [0.1, 0.15) is 11.5 Å². The van der Waals surface area contributed by atoms with Gasteiger partial charge in [0.05, 0.1) is 12.6 Å². The van der Waals surface area contributed by atoms with Crippen molar-refractivity contribution in [2.75, 3.05) is 0 Å². The van der Waals surface area contributed by atoms with Gasteiger partial charge >= 0.3 is 5.69 Å². The van der Waals surface area contributed by atoms with E-state index in [1.54, 1.807) is 16.8 Å². The van der Waals surface area contributed by atoms with E-state index in [4.69, 9.17) is 5.73 Å². The van der Waals surface area contributed by atoms with Crippen LogP contribution in [0.1, 0.15) is 24.4 Å². The predicted octanol–water partition coefficient (Wildman–Crippen LogP) is 1.56. The third kappa shape index (κ3) is 2.12. The van der Waals surface area contributed by atoms with Gasteiger partial charge in [0, 0.05) is 6.20 Å². The molecule has 102 valence electrons. The lowest BCUT2D eigenvalue weighted by Gasteiger charge is -2.15. The highest BCUT2D eigenvalue weighted by Gasteiger charge is 2.13. The van der Waals surface area contributed by atoms with Crippen LogP contribution in [0.25, 0.3) is 5.65 Å². The molecule has 1 aromatic carbocycles. The van der Waals surface area contributed by atoms with Crippen molar-refractivity contribution in [2.45, 2.75) is 19.5 Å².